The van der Waals surface area contributed by atoms with Gasteiger partial charge in [-0.3, -0.25) is 14.6 Å². The number of fused-ring (bicyclic) bond motifs is 1. The molecule has 0 unspecified atom stereocenters. The van der Waals surface area contributed by atoms with E-state index in [-0.39, 0.29) is 17.7 Å². The Balaban J connectivity index is 1.24. The summed E-state index contributed by atoms with van der Waals surface area (Å²) >= 11 is 0. The van der Waals surface area contributed by atoms with Gasteiger partial charge in [0.05, 0.1) is 12.2 Å². The number of benzene rings is 2. The standard InChI is InChI=1S/C34H34N8O4/c1-3-31(44)37-26-7-6-8-27(19-26)42-32-24(22-41(34(42)45)18-17-40-15-4-5-16-40)21-36-33(39-32)38-25-9-11-28(12-10-25)46-29-13-14-35-30(20-29)23(2)43/h3,6-14,19-21H,1,4-5,15-18,22H2,2H3,(H,37,44)(H,36,38,39). The summed E-state index contributed by atoms with van der Waals surface area (Å²) < 4.78 is 5.89. The van der Waals surface area contributed by atoms with E-state index in [1.165, 1.54) is 32.0 Å². The Morgan fingerprint density at radius 1 is 0.978 bits per heavy atom. The normalized spacial score (nSPS) is 14.5. The maximum absolute atomic E-state index is 14.0. The van der Waals surface area contributed by atoms with Gasteiger partial charge in [0.2, 0.25) is 11.9 Å². The smallest absolute Gasteiger partial charge is 0.330 e. The molecule has 234 valence electrons. The van der Waals surface area contributed by atoms with Crippen LogP contribution in [0.4, 0.5) is 33.6 Å². The second kappa shape index (κ2) is 13.6. The summed E-state index contributed by atoms with van der Waals surface area (Å²) in [5, 5.41) is 5.98. The van der Waals surface area contributed by atoms with E-state index in [1.54, 1.807) is 53.6 Å². The molecule has 1 saturated heterocycles. The third kappa shape index (κ3) is 7.02. The number of ketones is 1. The highest BCUT2D eigenvalue weighted by atomic mass is 16.5. The minimum atomic E-state index is -0.346. The van der Waals surface area contributed by atoms with Crippen molar-refractivity contribution < 1.29 is 19.1 Å². The van der Waals surface area contributed by atoms with Crippen LogP contribution >= 0.6 is 0 Å². The van der Waals surface area contributed by atoms with E-state index in [4.69, 9.17) is 9.72 Å². The fourth-order valence-corrected chi connectivity index (χ4v) is 5.40. The molecule has 0 saturated carbocycles. The molecule has 4 heterocycles. The van der Waals surface area contributed by atoms with Crippen LogP contribution in [0.2, 0.25) is 0 Å². The lowest BCUT2D eigenvalue weighted by atomic mass is 10.1. The number of hydrogen-bond donors (Lipinski definition) is 2. The van der Waals surface area contributed by atoms with Crippen molar-refractivity contribution in [3.63, 3.8) is 0 Å². The fourth-order valence-electron chi connectivity index (χ4n) is 5.40. The third-order valence-corrected chi connectivity index (χ3v) is 7.76. The maximum Gasteiger partial charge on any atom is 0.330 e. The molecule has 4 aromatic rings. The average Bonchev–Trinajstić information content (AvgIpc) is 3.59. The number of ether oxygens (including phenoxy) is 1. The molecule has 2 aliphatic heterocycles. The number of amides is 3. The van der Waals surface area contributed by atoms with Crippen molar-refractivity contribution >= 4 is 46.5 Å². The number of nitrogens with zero attached hydrogens (tertiary/aromatic N) is 6. The first-order valence-corrected chi connectivity index (χ1v) is 15.1. The van der Waals surface area contributed by atoms with E-state index in [1.807, 2.05) is 23.1 Å². The molecule has 2 aromatic carbocycles. The van der Waals surface area contributed by atoms with Crippen molar-refractivity contribution in [1.82, 2.24) is 24.8 Å². The van der Waals surface area contributed by atoms with Crippen LogP contribution in [0.3, 0.4) is 0 Å². The van der Waals surface area contributed by atoms with Gasteiger partial charge in [-0.2, -0.15) is 4.98 Å². The predicted molar refractivity (Wildman–Crippen MR) is 175 cm³/mol. The number of likely N-dealkylation sites (tertiary alicyclic amines) is 1. The number of Topliss-reactive ketones (excluding diaryl/α,β-unsaturated/α-hetero) is 1. The van der Waals surface area contributed by atoms with Crippen LogP contribution in [0.1, 0.15) is 35.8 Å². The Morgan fingerprint density at radius 3 is 2.54 bits per heavy atom. The lowest BCUT2D eigenvalue weighted by molar-refractivity contribution is -0.111. The molecule has 0 aliphatic carbocycles. The molecule has 12 nitrogen and oxygen atoms in total. The number of aromatic nitrogens is 3. The van der Waals surface area contributed by atoms with Gasteiger partial charge >= 0.3 is 6.03 Å². The molecule has 6 rings (SSSR count). The minimum absolute atomic E-state index is 0.141. The number of anilines is 5. The number of rotatable bonds is 11. The second-order valence-corrected chi connectivity index (χ2v) is 11.1. The zero-order valence-electron chi connectivity index (χ0n) is 25.5. The largest absolute Gasteiger partial charge is 0.457 e. The topological polar surface area (TPSA) is 133 Å². The highest BCUT2D eigenvalue weighted by Gasteiger charge is 2.34. The molecular weight excluding hydrogens is 584 g/mol. The highest BCUT2D eigenvalue weighted by Crippen LogP contribution is 2.35. The number of pyridine rings is 1. The lowest BCUT2D eigenvalue weighted by Gasteiger charge is -2.37. The lowest BCUT2D eigenvalue weighted by Crippen LogP contribution is -2.47. The summed E-state index contributed by atoms with van der Waals surface area (Å²) in [6.07, 6.45) is 6.82. The monoisotopic (exact) mass is 618 g/mol. The summed E-state index contributed by atoms with van der Waals surface area (Å²) in [7, 11) is 0. The van der Waals surface area contributed by atoms with E-state index in [9.17, 15) is 14.4 Å². The average molecular weight is 619 g/mol. The van der Waals surface area contributed by atoms with Crippen molar-refractivity contribution in [1.29, 1.82) is 0 Å². The third-order valence-electron chi connectivity index (χ3n) is 7.76. The van der Waals surface area contributed by atoms with E-state index in [2.05, 4.69) is 32.1 Å². The molecule has 0 radical (unpaired) electrons. The first-order valence-electron chi connectivity index (χ1n) is 15.1. The van der Waals surface area contributed by atoms with Crippen molar-refractivity contribution in [2.45, 2.75) is 26.3 Å². The van der Waals surface area contributed by atoms with Crippen LogP contribution in [0.15, 0.2) is 85.7 Å². The van der Waals surface area contributed by atoms with Gasteiger partial charge in [0.1, 0.15) is 17.2 Å². The van der Waals surface area contributed by atoms with Crippen molar-refractivity contribution in [3.05, 3.63) is 97.0 Å². The zero-order chi connectivity index (χ0) is 32.0. The van der Waals surface area contributed by atoms with Crippen molar-refractivity contribution in [2.75, 3.05) is 41.7 Å². The van der Waals surface area contributed by atoms with Crippen LogP contribution in [-0.2, 0) is 11.3 Å². The van der Waals surface area contributed by atoms with Gasteiger partial charge < -0.3 is 25.2 Å². The number of nitrogens with one attached hydrogen (secondary N) is 2. The Bertz CT molecular complexity index is 1770. The van der Waals surface area contributed by atoms with Crippen molar-refractivity contribution in [3.8, 4) is 11.5 Å². The summed E-state index contributed by atoms with van der Waals surface area (Å²) in [5.74, 6) is 1.37. The first-order chi connectivity index (χ1) is 22.4. The maximum atomic E-state index is 14.0. The van der Waals surface area contributed by atoms with Crippen LogP contribution in [0.5, 0.6) is 11.5 Å². The quantitative estimate of drug-likeness (QED) is 0.156. The first kappa shape index (κ1) is 30.4. The Morgan fingerprint density at radius 2 is 1.78 bits per heavy atom. The van der Waals surface area contributed by atoms with Gasteiger partial charge in [0.15, 0.2) is 11.6 Å². The Labute approximate surface area is 266 Å². The second-order valence-electron chi connectivity index (χ2n) is 11.1. The molecule has 1 fully saturated rings. The highest BCUT2D eigenvalue weighted by molar-refractivity contribution is 6.03. The van der Waals surface area contributed by atoms with E-state index in [0.717, 1.165) is 25.2 Å². The van der Waals surface area contributed by atoms with E-state index < -0.39 is 0 Å². The SMILES string of the molecule is C=CC(=O)Nc1cccc(N2C(=O)N(CCN3CCCC3)Cc3cnc(Nc4ccc(Oc5ccnc(C(C)=O)c5)cc4)nc32)c1. The van der Waals surface area contributed by atoms with Crippen LogP contribution < -0.4 is 20.3 Å². The van der Waals surface area contributed by atoms with E-state index in [0.29, 0.717) is 59.1 Å². The summed E-state index contributed by atoms with van der Waals surface area (Å²) in [6.45, 7) is 8.82. The molecule has 0 spiro atoms. The fraction of sp³-hybridized carbons (Fsp3) is 0.235. The molecule has 2 aromatic heterocycles. The molecule has 0 bridgehead atoms. The van der Waals surface area contributed by atoms with Gasteiger partial charge in [-0.15, -0.1) is 0 Å². The summed E-state index contributed by atoms with van der Waals surface area (Å²) in [4.78, 5) is 56.8. The van der Waals surface area contributed by atoms with Crippen molar-refractivity contribution in [2.24, 2.45) is 0 Å². The molecular formula is C34H34N8O4. The molecule has 0 atom stereocenters. The minimum Gasteiger partial charge on any atom is -0.457 e. The van der Waals surface area contributed by atoms with Gasteiger partial charge in [-0.25, -0.2) is 14.7 Å². The molecule has 2 N–H and O–H groups in total. The molecule has 12 heteroatoms. The number of hydrogen-bond acceptors (Lipinski definition) is 9. The van der Waals surface area contributed by atoms with Crippen LogP contribution in [0.25, 0.3) is 0 Å². The summed E-state index contributed by atoms with van der Waals surface area (Å²) in [6, 6.07) is 17.4. The zero-order valence-corrected chi connectivity index (χ0v) is 25.5. The van der Waals surface area contributed by atoms with Crippen LogP contribution in [0, 0.1) is 0 Å². The number of carbonyl (C=O) groups is 3. The van der Waals surface area contributed by atoms with Gasteiger partial charge in [-0.1, -0.05) is 12.6 Å². The molecule has 3 amide bonds. The van der Waals surface area contributed by atoms with E-state index >= 15 is 0 Å². The number of urea groups is 1. The van der Waals surface area contributed by atoms with Gasteiger partial charge in [-0.05, 0) is 80.5 Å². The van der Waals surface area contributed by atoms with Crippen LogP contribution in [-0.4, -0.2) is 68.7 Å². The predicted octanol–water partition coefficient (Wildman–Crippen LogP) is 5.90. The number of carbonyl (C=O) groups excluding carboxylic acids is 3. The Kier molecular flexibility index (Phi) is 8.97. The van der Waals surface area contributed by atoms with Gasteiger partial charge in [0, 0.05) is 55.4 Å². The molecule has 2 aliphatic rings. The summed E-state index contributed by atoms with van der Waals surface area (Å²) in [5.41, 5.74) is 2.94. The molecule has 46 heavy (non-hydrogen) atoms. The van der Waals surface area contributed by atoms with Gasteiger partial charge in [0.25, 0.3) is 0 Å². The Hall–Kier alpha value is -5.62.